The first kappa shape index (κ1) is 14.6. The highest BCUT2D eigenvalue weighted by Crippen LogP contribution is 2.22. The van der Waals surface area contributed by atoms with Gasteiger partial charge in [0.1, 0.15) is 0 Å². The van der Waals surface area contributed by atoms with Gasteiger partial charge < -0.3 is 9.73 Å². The summed E-state index contributed by atoms with van der Waals surface area (Å²) < 4.78 is 5.51. The summed E-state index contributed by atoms with van der Waals surface area (Å²) in [6.07, 6.45) is 1.66. The zero-order valence-electron chi connectivity index (χ0n) is 12.3. The molecule has 0 saturated carbocycles. The van der Waals surface area contributed by atoms with E-state index in [1.165, 1.54) is 17.3 Å². The van der Waals surface area contributed by atoms with Gasteiger partial charge in [0.15, 0.2) is 11.2 Å². The van der Waals surface area contributed by atoms with Crippen LogP contribution >= 0.6 is 11.8 Å². The van der Waals surface area contributed by atoms with Crippen LogP contribution in [0.5, 0.6) is 0 Å². The molecule has 2 heterocycles. The molecule has 0 aliphatic carbocycles. The van der Waals surface area contributed by atoms with Crippen molar-refractivity contribution in [3.8, 4) is 0 Å². The molecule has 1 amide bonds. The number of aryl methyl sites for hydroxylation is 2. The number of oxazole rings is 1. The van der Waals surface area contributed by atoms with E-state index in [4.69, 9.17) is 4.42 Å². The van der Waals surface area contributed by atoms with Crippen LogP contribution in [0.1, 0.15) is 11.1 Å². The molecule has 0 atom stereocenters. The van der Waals surface area contributed by atoms with Crippen molar-refractivity contribution in [3.63, 3.8) is 0 Å². The Kier molecular flexibility index (Phi) is 4.11. The molecule has 0 unspecified atom stereocenters. The highest BCUT2D eigenvalue weighted by molar-refractivity contribution is 7.99. The Morgan fingerprint density at radius 3 is 2.91 bits per heavy atom. The van der Waals surface area contributed by atoms with Crippen LogP contribution in [0.4, 0.5) is 5.69 Å². The second kappa shape index (κ2) is 6.19. The lowest BCUT2D eigenvalue weighted by atomic mass is 10.1. The van der Waals surface area contributed by atoms with Crippen molar-refractivity contribution in [3.05, 3.63) is 47.7 Å². The van der Waals surface area contributed by atoms with E-state index >= 15 is 0 Å². The number of carbonyl (C=O) groups is 1. The zero-order valence-corrected chi connectivity index (χ0v) is 13.1. The van der Waals surface area contributed by atoms with Crippen LogP contribution in [0.2, 0.25) is 0 Å². The van der Waals surface area contributed by atoms with Gasteiger partial charge in [0.2, 0.25) is 5.91 Å². The third-order valence-corrected chi connectivity index (χ3v) is 4.09. The van der Waals surface area contributed by atoms with Crippen molar-refractivity contribution >= 4 is 34.6 Å². The largest absolute Gasteiger partial charge is 0.430 e. The van der Waals surface area contributed by atoms with E-state index in [0.29, 0.717) is 16.5 Å². The molecule has 3 aromatic rings. The van der Waals surface area contributed by atoms with E-state index in [1.54, 1.807) is 18.3 Å². The van der Waals surface area contributed by atoms with E-state index in [9.17, 15) is 4.79 Å². The topological polar surface area (TPSA) is 68.0 Å². The molecule has 1 N–H and O–H groups in total. The Bertz CT molecular complexity index is 796. The number of carbonyl (C=O) groups excluding carboxylic acids is 1. The molecule has 3 rings (SSSR count). The van der Waals surface area contributed by atoms with E-state index in [-0.39, 0.29) is 11.7 Å². The maximum Gasteiger partial charge on any atom is 0.258 e. The lowest BCUT2D eigenvalue weighted by Crippen LogP contribution is -2.14. The van der Waals surface area contributed by atoms with Crippen LogP contribution in [0.3, 0.4) is 0 Å². The van der Waals surface area contributed by atoms with Crippen molar-refractivity contribution in [2.75, 3.05) is 11.1 Å². The molecule has 0 radical (unpaired) electrons. The average Bonchev–Trinajstić information content (AvgIpc) is 2.92. The van der Waals surface area contributed by atoms with E-state index in [0.717, 1.165) is 11.3 Å². The molecule has 1 aromatic carbocycles. The Morgan fingerprint density at radius 2 is 2.14 bits per heavy atom. The third kappa shape index (κ3) is 3.28. The Balaban J connectivity index is 1.60. The fourth-order valence-electron chi connectivity index (χ4n) is 1.95. The lowest BCUT2D eigenvalue weighted by molar-refractivity contribution is -0.113. The van der Waals surface area contributed by atoms with Gasteiger partial charge in [0, 0.05) is 11.9 Å². The minimum atomic E-state index is -0.0940. The molecule has 112 valence electrons. The number of fused-ring (bicyclic) bond motifs is 1. The first-order valence-electron chi connectivity index (χ1n) is 6.83. The highest BCUT2D eigenvalue weighted by Gasteiger charge is 2.10. The first-order chi connectivity index (χ1) is 10.6. The van der Waals surface area contributed by atoms with Crippen LogP contribution in [0.25, 0.3) is 11.2 Å². The van der Waals surface area contributed by atoms with Gasteiger partial charge in [0.25, 0.3) is 5.22 Å². The first-order valence-corrected chi connectivity index (χ1v) is 7.82. The summed E-state index contributed by atoms with van der Waals surface area (Å²) in [6, 6.07) is 9.43. The van der Waals surface area contributed by atoms with Gasteiger partial charge >= 0.3 is 0 Å². The second-order valence-corrected chi connectivity index (χ2v) is 5.87. The molecule has 22 heavy (non-hydrogen) atoms. The second-order valence-electron chi connectivity index (χ2n) is 4.94. The van der Waals surface area contributed by atoms with Crippen LogP contribution < -0.4 is 5.32 Å². The zero-order chi connectivity index (χ0) is 15.5. The minimum absolute atomic E-state index is 0.0940. The van der Waals surface area contributed by atoms with Gasteiger partial charge in [0.05, 0.1) is 5.75 Å². The Morgan fingerprint density at radius 1 is 1.27 bits per heavy atom. The quantitative estimate of drug-likeness (QED) is 0.746. The molecule has 0 spiro atoms. The van der Waals surface area contributed by atoms with Crippen molar-refractivity contribution in [1.29, 1.82) is 0 Å². The van der Waals surface area contributed by atoms with Gasteiger partial charge in [-0.05, 0) is 49.2 Å². The van der Waals surface area contributed by atoms with Crippen LogP contribution in [-0.2, 0) is 4.79 Å². The van der Waals surface area contributed by atoms with Crippen molar-refractivity contribution in [1.82, 2.24) is 9.97 Å². The number of aromatic nitrogens is 2. The van der Waals surface area contributed by atoms with Crippen molar-refractivity contribution in [2.45, 2.75) is 19.1 Å². The number of thioether (sulfide) groups is 1. The van der Waals surface area contributed by atoms with Gasteiger partial charge in [-0.2, -0.15) is 4.98 Å². The summed E-state index contributed by atoms with van der Waals surface area (Å²) >= 11 is 1.25. The standard InChI is InChI=1S/C16H15N3O2S/c1-10-5-6-12(8-11(10)2)18-14(20)9-22-16-19-15-13(21-16)4-3-7-17-15/h3-8H,9H2,1-2H3,(H,18,20). The number of amides is 1. The van der Waals surface area contributed by atoms with Crippen LogP contribution in [-0.4, -0.2) is 21.6 Å². The average molecular weight is 313 g/mol. The predicted octanol–water partition coefficient (Wildman–Crippen LogP) is 3.57. The number of nitrogens with one attached hydrogen (secondary N) is 1. The number of hydrogen-bond acceptors (Lipinski definition) is 5. The molecule has 0 aliphatic heterocycles. The molecule has 0 saturated heterocycles. The van der Waals surface area contributed by atoms with Gasteiger partial charge in [-0.15, -0.1) is 0 Å². The van der Waals surface area contributed by atoms with Gasteiger partial charge in [-0.1, -0.05) is 17.8 Å². The summed E-state index contributed by atoms with van der Waals surface area (Å²) in [4.78, 5) is 20.3. The van der Waals surface area contributed by atoms with Gasteiger partial charge in [-0.3, -0.25) is 4.79 Å². The number of hydrogen-bond donors (Lipinski definition) is 1. The normalized spacial score (nSPS) is 10.8. The Hall–Kier alpha value is -2.34. The fraction of sp³-hybridized carbons (Fsp3) is 0.188. The summed E-state index contributed by atoms with van der Waals surface area (Å²) in [5, 5.41) is 3.32. The molecule has 6 heteroatoms. The predicted molar refractivity (Wildman–Crippen MR) is 87.1 cm³/mol. The summed E-state index contributed by atoms with van der Waals surface area (Å²) in [7, 11) is 0. The maximum atomic E-state index is 12.0. The summed E-state index contributed by atoms with van der Waals surface area (Å²) in [5.74, 6) is 0.142. The van der Waals surface area contributed by atoms with E-state index in [1.807, 2.05) is 32.0 Å². The van der Waals surface area contributed by atoms with Crippen LogP contribution in [0.15, 0.2) is 46.2 Å². The van der Waals surface area contributed by atoms with Crippen molar-refractivity contribution < 1.29 is 9.21 Å². The fourth-order valence-corrected chi connectivity index (χ4v) is 2.58. The number of anilines is 1. The van der Waals surface area contributed by atoms with Crippen molar-refractivity contribution in [2.24, 2.45) is 0 Å². The molecule has 0 bridgehead atoms. The maximum absolute atomic E-state index is 12.0. The third-order valence-electron chi connectivity index (χ3n) is 3.26. The molecule has 2 aromatic heterocycles. The minimum Gasteiger partial charge on any atom is -0.430 e. The van der Waals surface area contributed by atoms with E-state index < -0.39 is 0 Å². The number of rotatable bonds is 4. The van der Waals surface area contributed by atoms with E-state index in [2.05, 4.69) is 15.3 Å². The summed E-state index contributed by atoms with van der Waals surface area (Å²) in [6.45, 7) is 4.06. The molecule has 5 nitrogen and oxygen atoms in total. The number of pyridine rings is 1. The number of benzene rings is 1. The van der Waals surface area contributed by atoms with Gasteiger partial charge in [-0.25, -0.2) is 4.98 Å². The summed E-state index contributed by atoms with van der Waals surface area (Å²) in [5.41, 5.74) is 4.33. The molecule has 0 fully saturated rings. The SMILES string of the molecule is Cc1ccc(NC(=O)CSc2nc3ncccc3o2)cc1C. The smallest absolute Gasteiger partial charge is 0.258 e. The number of nitrogens with zero attached hydrogens (tertiary/aromatic N) is 2. The Labute approximate surface area is 132 Å². The molecule has 0 aliphatic rings. The highest BCUT2D eigenvalue weighted by atomic mass is 32.2. The molecular weight excluding hydrogens is 298 g/mol. The monoisotopic (exact) mass is 313 g/mol. The lowest BCUT2D eigenvalue weighted by Gasteiger charge is -2.06. The van der Waals surface area contributed by atoms with Crippen LogP contribution in [0, 0.1) is 13.8 Å². The molecular formula is C16H15N3O2S.